The predicted molar refractivity (Wildman–Crippen MR) is 59.0 cm³/mol. The molecule has 5 nitrogen and oxygen atoms in total. The van der Waals surface area contributed by atoms with E-state index in [1.165, 1.54) is 13.2 Å². The summed E-state index contributed by atoms with van der Waals surface area (Å²) >= 11 is 0. The maximum Gasteiger partial charge on any atom is 0.168 e. The zero-order valence-corrected chi connectivity index (χ0v) is 10.2. The first-order valence-electron chi connectivity index (χ1n) is 5.63. The molecule has 0 amide bonds. The van der Waals surface area contributed by atoms with Crippen molar-refractivity contribution >= 4 is 5.78 Å². The van der Waals surface area contributed by atoms with E-state index in [0.29, 0.717) is 6.42 Å². The van der Waals surface area contributed by atoms with E-state index in [-0.39, 0.29) is 17.5 Å². The summed E-state index contributed by atoms with van der Waals surface area (Å²) < 4.78 is 4.85. The van der Waals surface area contributed by atoms with Gasteiger partial charge in [-0.05, 0) is 20.3 Å². The topological polar surface area (TPSA) is 87.0 Å². The van der Waals surface area contributed by atoms with E-state index in [4.69, 9.17) is 4.74 Å². The maximum absolute atomic E-state index is 12.0. The Balaban J connectivity index is 2.34. The van der Waals surface area contributed by atoms with E-state index >= 15 is 0 Å². The summed E-state index contributed by atoms with van der Waals surface area (Å²) in [5, 5.41) is 29.8. The van der Waals surface area contributed by atoms with Crippen LogP contribution in [0.1, 0.15) is 20.3 Å². The van der Waals surface area contributed by atoms with Crippen LogP contribution in [0.2, 0.25) is 0 Å². The minimum atomic E-state index is -1.22. The van der Waals surface area contributed by atoms with Gasteiger partial charge >= 0.3 is 0 Å². The number of ether oxygens (including phenoxy) is 1. The summed E-state index contributed by atoms with van der Waals surface area (Å²) in [5.41, 5.74) is -2.09. The first-order chi connectivity index (χ1) is 7.75. The Bertz CT molecular complexity index is 381. The quantitative estimate of drug-likeness (QED) is 0.613. The third-order valence-corrected chi connectivity index (χ3v) is 3.94. The average Bonchev–Trinajstić information content (AvgIpc) is 2.97. The largest absolute Gasteiger partial charge is 0.498 e. The van der Waals surface area contributed by atoms with E-state index in [1.807, 2.05) is 0 Å². The minimum absolute atomic E-state index is 0.0783. The highest BCUT2D eigenvalue weighted by molar-refractivity contribution is 5.99. The highest BCUT2D eigenvalue weighted by Crippen LogP contribution is 2.62. The Morgan fingerprint density at radius 3 is 2.47 bits per heavy atom. The van der Waals surface area contributed by atoms with Gasteiger partial charge in [0.1, 0.15) is 18.0 Å². The highest BCUT2D eigenvalue weighted by atomic mass is 16.5. The van der Waals surface area contributed by atoms with Gasteiger partial charge in [-0.25, -0.2) is 0 Å². The molecule has 0 bridgehead atoms. The number of carbonyl (C=O) groups is 1. The molecule has 5 heteroatoms. The number of hydrogen-bond acceptors (Lipinski definition) is 5. The van der Waals surface area contributed by atoms with E-state index in [9.17, 15) is 20.1 Å². The molecule has 17 heavy (non-hydrogen) atoms. The summed E-state index contributed by atoms with van der Waals surface area (Å²) in [6.07, 6.45) is -0.805. The first kappa shape index (κ1) is 12.5. The molecule has 96 valence electrons. The van der Waals surface area contributed by atoms with Crippen molar-refractivity contribution < 1.29 is 24.9 Å². The summed E-state index contributed by atoms with van der Waals surface area (Å²) in [6.45, 7) is 3.21. The van der Waals surface area contributed by atoms with E-state index in [0.717, 1.165) is 0 Å². The number of aliphatic hydroxyl groups excluding tert-OH is 2. The zero-order chi connectivity index (χ0) is 13.0. The van der Waals surface area contributed by atoms with Crippen LogP contribution in [0.5, 0.6) is 0 Å². The molecule has 1 spiro atoms. The second kappa shape index (κ2) is 3.54. The fraction of sp³-hybridized carbons (Fsp3) is 0.750. The van der Waals surface area contributed by atoms with Crippen molar-refractivity contribution in [3.05, 3.63) is 11.8 Å². The molecule has 4 atom stereocenters. The molecule has 0 saturated heterocycles. The highest BCUT2D eigenvalue weighted by Gasteiger charge is 2.70. The van der Waals surface area contributed by atoms with Crippen molar-refractivity contribution in [3.63, 3.8) is 0 Å². The monoisotopic (exact) mass is 242 g/mol. The molecule has 4 unspecified atom stereocenters. The summed E-state index contributed by atoms with van der Waals surface area (Å²) in [4.78, 5) is 12.0. The van der Waals surface area contributed by atoms with Crippen LogP contribution in [-0.4, -0.2) is 46.0 Å². The van der Waals surface area contributed by atoms with Crippen LogP contribution in [0.25, 0.3) is 0 Å². The molecule has 2 aliphatic rings. The van der Waals surface area contributed by atoms with Gasteiger partial charge in [-0.2, -0.15) is 0 Å². The molecule has 0 radical (unpaired) electrons. The van der Waals surface area contributed by atoms with Crippen LogP contribution in [-0.2, 0) is 9.53 Å². The molecule has 2 aliphatic carbocycles. The Morgan fingerprint density at radius 2 is 2.06 bits per heavy atom. The van der Waals surface area contributed by atoms with Gasteiger partial charge in [-0.1, -0.05) is 0 Å². The van der Waals surface area contributed by atoms with Crippen molar-refractivity contribution in [1.29, 1.82) is 0 Å². The van der Waals surface area contributed by atoms with Crippen LogP contribution in [0.4, 0.5) is 0 Å². The molecule has 0 aromatic rings. The Kier molecular flexibility index (Phi) is 2.61. The second-order valence-corrected chi connectivity index (χ2v) is 5.46. The number of ketones is 1. The van der Waals surface area contributed by atoms with Gasteiger partial charge in [-0.15, -0.1) is 0 Å². The molecule has 0 aliphatic heterocycles. The number of rotatable bonds is 2. The fourth-order valence-corrected chi connectivity index (χ4v) is 2.87. The number of aliphatic hydroxyl groups is 3. The summed E-state index contributed by atoms with van der Waals surface area (Å²) in [6, 6.07) is 0. The average molecular weight is 242 g/mol. The molecule has 2 rings (SSSR count). The predicted octanol–water partition coefficient (Wildman–Crippen LogP) is -0.402. The zero-order valence-electron chi connectivity index (χ0n) is 10.2. The first-order valence-corrected chi connectivity index (χ1v) is 5.63. The Labute approximate surface area is 99.7 Å². The SMILES string of the molecule is COC1=CC(=O)C2(CC2C(C)(C)O)C(O)C1O. The van der Waals surface area contributed by atoms with Crippen LogP contribution in [0.15, 0.2) is 11.8 Å². The molecule has 3 N–H and O–H groups in total. The van der Waals surface area contributed by atoms with Crippen molar-refractivity contribution in [2.75, 3.05) is 7.11 Å². The lowest BCUT2D eigenvalue weighted by Gasteiger charge is -2.33. The standard InChI is InChI=1S/C12H18O5/c1-11(2,16)7-5-12(7)8(13)4-6(17-3)9(14)10(12)15/h4,7,9-10,14-16H,5H2,1-3H3. The van der Waals surface area contributed by atoms with Gasteiger partial charge in [0, 0.05) is 12.0 Å². The number of carbonyl (C=O) groups excluding carboxylic acids is 1. The van der Waals surface area contributed by atoms with Crippen molar-refractivity contribution in [2.24, 2.45) is 11.3 Å². The molecule has 1 fully saturated rings. The van der Waals surface area contributed by atoms with Crippen molar-refractivity contribution in [2.45, 2.75) is 38.1 Å². The van der Waals surface area contributed by atoms with Gasteiger partial charge in [0.15, 0.2) is 5.78 Å². The van der Waals surface area contributed by atoms with E-state index in [1.54, 1.807) is 13.8 Å². The maximum atomic E-state index is 12.0. The Morgan fingerprint density at radius 1 is 1.47 bits per heavy atom. The molecular weight excluding hydrogens is 224 g/mol. The van der Waals surface area contributed by atoms with Crippen LogP contribution < -0.4 is 0 Å². The normalized spacial score (nSPS) is 41.4. The van der Waals surface area contributed by atoms with Gasteiger partial charge in [0.2, 0.25) is 0 Å². The summed E-state index contributed by atoms with van der Waals surface area (Å²) in [5.74, 6) is -0.532. The van der Waals surface area contributed by atoms with Gasteiger partial charge in [0.25, 0.3) is 0 Å². The molecular formula is C12H18O5. The number of hydrogen-bond donors (Lipinski definition) is 3. The second-order valence-electron chi connectivity index (χ2n) is 5.46. The van der Waals surface area contributed by atoms with Crippen LogP contribution in [0, 0.1) is 11.3 Å². The fourth-order valence-electron chi connectivity index (χ4n) is 2.87. The lowest BCUT2D eigenvalue weighted by molar-refractivity contribution is -0.134. The van der Waals surface area contributed by atoms with Crippen LogP contribution >= 0.6 is 0 Å². The van der Waals surface area contributed by atoms with Gasteiger partial charge in [-0.3, -0.25) is 4.79 Å². The third-order valence-electron chi connectivity index (χ3n) is 3.94. The number of methoxy groups -OCH3 is 1. The van der Waals surface area contributed by atoms with E-state index < -0.39 is 23.2 Å². The Hall–Kier alpha value is -0.910. The molecule has 1 saturated carbocycles. The smallest absolute Gasteiger partial charge is 0.168 e. The van der Waals surface area contributed by atoms with E-state index in [2.05, 4.69) is 0 Å². The minimum Gasteiger partial charge on any atom is -0.498 e. The lowest BCUT2D eigenvalue weighted by Crippen LogP contribution is -2.47. The summed E-state index contributed by atoms with van der Waals surface area (Å²) in [7, 11) is 1.34. The lowest BCUT2D eigenvalue weighted by atomic mass is 9.79. The van der Waals surface area contributed by atoms with Crippen molar-refractivity contribution in [1.82, 2.24) is 0 Å². The molecule has 0 aromatic heterocycles. The van der Waals surface area contributed by atoms with Crippen LogP contribution in [0.3, 0.4) is 0 Å². The molecule has 0 aromatic carbocycles. The number of allylic oxidation sites excluding steroid dienone is 1. The van der Waals surface area contributed by atoms with Crippen molar-refractivity contribution in [3.8, 4) is 0 Å². The third kappa shape index (κ3) is 1.61. The molecule has 0 heterocycles. The van der Waals surface area contributed by atoms with Gasteiger partial charge in [0.05, 0.1) is 18.1 Å². The van der Waals surface area contributed by atoms with Gasteiger partial charge < -0.3 is 20.1 Å².